The normalized spacial score (nSPS) is 19.1. The van der Waals surface area contributed by atoms with Crippen molar-refractivity contribution in [3.63, 3.8) is 0 Å². The van der Waals surface area contributed by atoms with Gasteiger partial charge in [0.15, 0.2) is 0 Å². The van der Waals surface area contributed by atoms with Crippen LogP contribution in [-0.2, 0) is 0 Å². The molecule has 0 amide bonds. The molecular formula is C11H18N4. The molecule has 4 nitrogen and oxygen atoms in total. The summed E-state index contributed by atoms with van der Waals surface area (Å²) < 4.78 is 0. The maximum Gasteiger partial charge on any atom is 0.0702 e. The molecule has 15 heavy (non-hydrogen) atoms. The molecule has 0 bridgehead atoms. The molecule has 1 heterocycles. The summed E-state index contributed by atoms with van der Waals surface area (Å²) in [6, 6.07) is 10.1. The van der Waals surface area contributed by atoms with Gasteiger partial charge in [-0.25, -0.2) is 16.0 Å². The number of likely N-dealkylation sites (N-methyl/N-ethyl adjacent to an activating group) is 1. The third-order valence-corrected chi connectivity index (χ3v) is 2.81. The number of para-hydroxylation sites is 1. The molecule has 0 saturated carbocycles. The maximum absolute atomic E-state index is 6.06. The molecule has 0 unspecified atom stereocenters. The van der Waals surface area contributed by atoms with Gasteiger partial charge < -0.3 is 4.90 Å². The lowest BCUT2D eigenvalue weighted by Crippen LogP contribution is -2.55. The van der Waals surface area contributed by atoms with Crippen LogP contribution in [0, 0.1) is 0 Å². The van der Waals surface area contributed by atoms with Crippen LogP contribution in [0.15, 0.2) is 30.3 Å². The van der Waals surface area contributed by atoms with E-state index in [4.69, 9.17) is 5.84 Å². The van der Waals surface area contributed by atoms with Crippen molar-refractivity contribution < 1.29 is 0 Å². The van der Waals surface area contributed by atoms with Gasteiger partial charge in [-0.3, -0.25) is 0 Å². The van der Waals surface area contributed by atoms with Crippen LogP contribution in [0.5, 0.6) is 0 Å². The number of hydrogen-bond acceptors (Lipinski definition) is 4. The second-order valence-corrected chi connectivity index (χ2v) is 3.94. The first-order valence-corrected chi connectivity index (χ1v) is 5.30. The Labute approximate surface area is 90.8 Å². The van der Waals surface area contributed by atoms with Gasteiger partial charge in [0.2, 0.25) is 0 Å². The van der Waals surface area contributed by atoms with Crippen LogP contribution in [0.25, 0.3) is 0 Å². The molecule has 1 aliphatic heterocycles. The van der Waals surface area contributed by atoms with E-state index in [0.29, 0.717) is 0 Å². The Hall–Kier alpha value is -1.10. The van der Waals surface area contributed by atoms with E-state index in [1.165, 1.54) is 0 Å². The molecule has 0 radical (unpaired) electrons. The first-order valence-electron chi connectivity index (χ1n) is 5.30. The number of anilines is 1. The van der Waals surface area contributed by atoms with Crippen molar-refractivity contribution >= 4 is 5.69 Å². The Morgan fingerprint density at radius 2 is 1.67 bits per heavy atom. The van der Waals surface area contributed by atoms with E-state index in [-0.39, 0.29) is 0 Å². The van der Waals surface area contributed by atoms with Gasteiger partial charge in [-0.15, -0.1) is 0 Å². The van der Waals surface area contributed by atoms with Crippen molar-refractivity contribution in [1.82, 2.24) is 9.91 Å². The average Bonchev–Trinajstić information content (AvgIpc) is 2.30. The number of piperazine rings is 1. The fourth-order valence-corrected chi connectivity index (χ4v) is 1.76. The van der Waals surface area contributed by atoms with E-state index >= 15 is 0 Å². The number of hydrogen-bond donors (Lipinski definition) is 1. The summed E-state index contributed by atoms with van der Waals surface area (Å²) in [5, 5.41) is 3.93. The molecule has 0 atom stereocenters. The van der Waals surface area contributed by atoms with Crippen molar-refractivity contribution in [2.75, 3.05) is 38.3 Å². The number of nitrogens with zero attached hydrogens (tertiary/aromatic N) is 3. The summed E-state index contributed by atoms with van der Waals surface area (Å²) in [5.41, 5.74) is 1.04. The van der Waals surface area contributed by atoms with Crippen molar-refractivity contribution in [1.29, 1.82) is 0 Å². The molecule has 1 saturated heterocycles. The Morgan fingerprint density at radius 1 is 1.07 bits per heavy atom. The number of benzene rings is 1. The number of nitrogens with two attached hydrogens (primary N) is 1. The van der Waals surface area contributed by atoms with Gasteiger partial charge in [0.1, 0.15) is 0 Å². The smallest absolute Gasteiger partial charge is 0.0702 e. The lowest BCUT2D eigenvalue weighted by molar-refractivity contribution is 0.141. The standard InChI is InChI=1S/C11H18N4/c1-13-7-9-14(10-8-13)15(12)11-5-3-2-4-6-11/h2-6H,7-10,12H2,1H3. The van der Waals surface area contributed by atoms with Gasteiger partial charge in [-0.05, 0) is 19.2 Å². The highest BCUT2D eigenvalue weighted by molar-refractivity contribution is 5.43. The Bertz CT molecular complexity index is 293. The molecule has 1 aliphatic rings. The minimum Gasteiger partial charge on any atom is -0.304 e. The molecule has 0 spiro atoms. The lowest BCUT2D eigenvalue weighted by atomic mass is 10.3. The zero-order chi connectivity index (χ0) is 10.7. The fraction of sp³-hybridized carbons (Fsp3) is 0.455. The van der Waals surface area contributed by atoms with E-state index in [2.05, 4.69) is 17.0 Å². The molecular weight excluding hydrogens is 188 g/mol. The van der Waals surface area contributed by atoms with Crippen molar-refractivity contribution in [3.05, 3.63) is 30.3 Å². The van der Waals surface area contributed by atoms with Gasteiger partial charge in [0, 0.05) is 26.2 Å². The molecule has 1 fully saturated rings. The summed E-state index contributed by atoms with van der Waals surface area (Å²) in [6.45, 7) is 4.12. The third-order valence-electron chi connectivity index (χ3n) is 2.81. The zero-order valence-corrected chi connectivity index (χ0v) is 9.13. The second-order valence-electron chi connectivity index (χ2n) is 3.94. The van der Waals surface area contributed by atoms with Crippen molar-refractivity contribution in [2.45, 2.75) is 0 Å². The molecule has 1 aromatic rings. The van der Waals surface area contributed by atoms with Gasteiger partial charge >= 0.3 is 0 Å². The summed E-state index contributed by atoms with van der Waals surface area (Å²) in [7, 11) is 2.14. The maximum atomic E-state index is 6.06. The van der Waals surface area contributed by atoms with Crippen LogP contribution in [-0.4, -0.2) is 43.1 Å². The fourth-order valence-electron chi connectivity index (χ4n) is 1.76. The number of hydrazine groups is 2. The molecule has 4 heteroatoms. The molecule has 82 valence electrons. The third kappa shape index (κ3) is 2.47. The predicted octanol–water partition coefficient (Wildman–Crippen LogP) is 0.529. The quantitative estimate of drug-likeness (QED) is 0.565. The molecule has 2 rings (SSSR count). The highest BCUT2D eigenvalue weighted by Crippen LogP contribution is 2.13. The van der Waals surface area contributed by atoms with Crippen molar-refractivity contribution in [3.8, 4) is 0 Å². The minimum absolute atomic E-state index is 0.988. The highest BCUT2D eigenvalue weighted by atomic mass is 15.8. The topological polar surface area (TPSA) is 35.7 Å². The Morgan fingerprint density at radius 3 is 2.27 bits per heavy atom. The summed E-state index contributed by atoms with van der Waals surface area (Å²) in [4.78, 5) is 2.31. The first kappa shape index (κ1) is 10.4. The van der Waals surface area contributed by atoms with Gasteiger partial charge in [-0.1, -0.05) is 18.2 Å². The van der Waals surface area contributed by atoms with Gasteiger partial charge in [0.05, 0.1) is 5.69 Å². The summed E-state index contributed by atoms with van der Waals surface area (Å²) in [5.74, 6) is 6.06. The first-order chi connectivity index (χ1) is 7.27. The van der Waals surface area contributed by atoms with E-state index in [9.17, 15) is 0 Å². The van der Waals surface area contributed by atoms with Crippen LogP contribution < -0.4 is 11.0 Å². The van der Waals surface area contributed by atoms with Gasteiger partial charge in [0.25, 0.3) is 0 Å². The summed E-state index contributed by atoms with van der Waals surface area (Å²) >= 11 is 0. The van der Waals surface area contributed by atoms with Crippen LogP contribution in [0.4, 0.5) is 5.69 Å². The molecule has 2 N–H and O–H groups in total. The summed E-state index contributed by atoms with van der Waals surface area (Å²) in [6.07, 6.45) is 0. The van der Waals surface area contributed by atoms with Gasteiger partial charge in [-0.2, -0.15) is 0 Å². The second kappa shape index (κ2) is 4.61. The lowest BCUT2D eigenvalue weighted by Gasteiger charge is -2.38. The van der Waals surface area contributed by atoms with Crippen molar-refractivity contribution in [2.24, 2.45) is 5.84 Å². The van der Waals surface area contributed by atoms with Crippen LogP contribution >= 0.6 is 0 Å². The monoisotopic (exact) mass is 206 g/mol. The Balaban J connectivity index is 1.99. The van der Waals surface area contributed by atoms with E-state index < -0.39 is 0 Å². The van der Waals surface area contributed by atoms with E-state index in [1.54, 1.807) is 5.12 Å². The predicted molar refractivity (Wildman–Crippen MR) is 62.2 cm³/mol. The van der Waals surface area contributed by atoms with Crippen LogP contribution in [0.2, 0.25) is 0 Å². The van der Waals surface area contributed by atoms with Crippen LogP contribution in [0.1, 0.15) is 0 Å². The SMILES string of the molecule is CN1CCN(N(N)c2ccccc2)CC1. The zero-order valence-electron chi connectivity index (χ0n) is 9.13. The molecule has 0 aliphatic carbocycles. The molecule has 0 aromatic heterocycles. The number of rotatable bonds is 2. The minimum atomic E-state index is 0.988. The van der Waals surface area contributed by atoms with Crippen LogP contribution in [0.3, 0.4) is 0 Å². The van der Waals surface area contributed by atoms with E-state index in [1.807, 2.05) is 30.3 Å². The Kier molecular flexibility index (Phi) is 3.20. The van der Waals surface area contributed by atoms with E-state index in [0.717, 1.165) is 31.9 Å². The highest BCUT2D eigenvalue weighted by Gasteiger charge is 2.17. The molecule has 1 aromatic carbocycles. The average molecular weight is 206 g/mol. The largest absolute Gasteiger partial charge is 0.304 e.